The molecule has 3 rings (SSSR count). The molecule has 0 aliphatic heterocycles. The number of hydrogen-bond acceptors (Lipinski definition) is 1. The van der Waals surface area contributed by atoms with Gasteiger partial charge in [-0.3, -0.25) is 4.57 Å². The van der Waals surface area contributed by atoms with Crippen LogP contribution >= 0.6 is 0 Å². The third kappa shape index (κ3) is 3.46. The molecule has 0 saturated carbocycles. The van der Waals surface area contributed by atoms with E-state index in [-0.39, 0.29) is 11.6 Å². The topological polar surface area (TPSA) is 34.0 Å². The van der Waals surface area contributed by atoms with Gasteiger partial charge in [-0.2, -0.15) is 0 Å². The van der Waals surface area contributed by atoms with Gasteiger partial charge < -0.3 is 5.32 Å². The molecule has 0 atom stereocenters. The second-order valence-electron chi connectivity index (χ2n) is 7.85. The van der Waals surface area contributed by atoms with Crippen molar-refractivity contribution in [3.63, 3.8) is 0 Å². The maximum Gasteiger partial charge on any atom is 0.326 e. The maximum absolute atomic E-state index is 12.8. The zero-order valence-electron chi connectivity index (χ0n) is 15.6. The van der Waals surface area contributed by atoms with Gasteiger partial charge in [-0.05, 0) is 43.9 Å². The number of carbonyl (C=O) groups is 1. The second kappa shape index (κ2) is 6.40. The summed E-state index contributed by atoms with van der Waals surface area (Å²) in [6.07, 6.45) is 1.97. The molecule has 1 aromatic heterocycles. The molecular weight excluding hydrogens is 308 g/mol. The monoisotopic (exact) mass is 334 g/mol. The summed E-state index contributed by atoms with van der Waals surface area (Å²) < 4.78 is 1.73. The van der Waals surface area contributed by atoms with Crippen molar-refractivity contribution >= 4 is 16.9 Å². The molecular formula is C22H26N2O. The van der Waals surface area contributed by atoms with Gasteiger partial charge in [0.1, 0.15) is 0 Å². The van der Waals surface area contributed by atoms with Crippen LogP contribution in [0.2, 0.25) is 0 Å². The minimum Gasteiger partial charge on any atom is -0.333 e. The fourth-order valence-electron chi connectivity index (χ4n) is 3.19. The molecule has 0 bridgehead atoms. The standard InChI is InChI=1S/C22H26N2O/c1-15(2)16-10-6-7-11-17(16)19-14-24(21(25)23-22(3,4)5)20-13-9-8-12-18(19)20/h6-15H,1-5H3,(H,23,25). The van der Waals surface area contributed by atoms with Crippen molar-refractivity contribution in [3.05, 3.63) is 60.3 Å². The number of benzene rings is 2. The highest BCUT2D eigenvalue weighted by molar-refractivity contribution is 6.02. The Morgan fingerprint density at radius 1 is 0.960 bits per heavy atom. The van der Waals surface area contributed by atoms with Crippen LogP contribution in [-0.2, 0) is 0 Å². The number of nitrogens with zero attached hydrogens (tertiary/aromatic N) is 1. The zero-order chi connectivity index (χ0) is 18.2. The SMILES string of the molecule is CC(C)c1ccccc1-c1cn(C(=O)NC(C)(C)C)c2ccccc12. The smallest absolute Gasteiger partial charge is 0.326 e. The third-order valence-corrected chi connectivity index (χ3v) is 4.29. The number of fused-ring (bicyclic) bond motifs is 1. The van der Waals surface area contributed by atoms with Crippen LogP contribution in [0.3, 0.4) is 0 Å². The van der Waals surface area contributed by atoms with E-state index in [0.29, 0.717) is 5.92 Å². The van der Waals surface area contributed by atoms with Crippen LogP contribution in [0.25, 0.3) is 22.0 Å². The lowest BCUT2D eigenvalue weighted by molar-refractivity contribution is 0.234. The van der Waals surface area contributed by atoms with E-state index in [1.54, 1.807) is 4.57 Å². The van der Waals surface area contributed by atoms with Crippen LogP contribution in [0.1, 0.15) is 46.1 Å². The summed E-state index contributed by atoms with van der Waals surface area (Å²) in [6.45, 7) is 10.4. The summed E-state index contributed by atoms with van der Waals surface area (Å²) in [6, 6.07) is 16.4. The Labute approximate surface area is 149 Å². The Bertz CT molecular complexity index is 913. The molecule has 25 heavy (non-hydrogen) atoms. The maximum atomic E-state index is 12.8. The molecule has 1 amide bonds. The van der Waals surface area contributed by atoms with Crippen molar-refractivity contribution < 1.29 is 4.79 Å². The highest BCUT2D eigenvalue weighted by atomic mass is 16.2. The van der Waals surface area contributed by atoms with Gasteiger partial charge in [-0.25, -0.2) is 4.79 Å². The van der Waals surface area contributed by atoms with E-state index in [1.165, 1.54) is 11.1 Å². The van der Waals surface area contributed by atoms with E-state index < -0.39 is 0 Å². The molecule has 0 saturated heterocycles. The first-order valence-electron chi connectivity index (χ1n) is 8.80. The van der Waals surface area contributed by atoms with Gasteiger partial charge in [0.2, 0.25) is 0 Å². The number of rotatable bonds is 2. The molecule has 3 nitrogen and oxygen atoms in total. The van der Waals surface area contributed by atoms with Gasteiger partial charge in [-0.15, -0.1) is 0 Å². The minimum atomic E-state index is -0.279. The molecule has 1 heterocycles. The number of para-hydroxylation sites is 1. The highest BCUT2D eigenvalue weighted by Gasteiger charge is 2.20. The molecule has 2 aromatic carbocycles. The molecule has 0 aliphatic carbocycles. The predicted molar refractivity (Wildman–Crippen MR) is 105 cm³/mol. The quantitative estimate of drug-likeness (QED) is 0.632. The van der Waals surface area contributed by atoms with Gasteiger partial charge in [0.05, 0.1) is 5.52 Å². The van der Waals surface area contributed by atoms with Gasteiger partial charge >= 0.3 is 6.03 Å². The first-order valence-corrected chi connectivity index (χ1v) is 8.80. The lowest BCUT2D eigenvalue weighted by atomic mass is 9.92. The number of hydrogen-bond donors (Lipinski definition) is 1. The van der Waals surface area contributed by atoms with Gasteiger partial charge in [0.15, 0.2) is 0 Å². The first kappa shape index (κ1) is 17.3. The normalized spacial score (nSPS) is 11.9. The summed E-state index contributed by atoms with van der Waals surface area (Å²) in [4.78, 5) is 12.8. The van der Waals surface area contributed by atoms with Crippen molar-refractivity contribution in [1.82, 2.24) is 9.88 Å². The third-order valence-electron chi connectivity index (χ3n) is 4.29. The average molecular weight is 334 g/mol. The van der Waals surface area contributed by atoms with Crippen LogP contribution in [0.5, 0.6) is 0 Å². The Morgan fingerprint density at radius 2 is 1.60 bits per heavy atom. The molecule has 130 valence electrons. The van der Waals surface area contributed by atoms with Crippen LogP contribution in [-0.4, -0.2) is 16.1 Å². The van der Waals surface area contributed by atoms with Crippen molar-refractivity contribution in [1.29, 1.82) is 0 Å². The molecule has 3 heteroatoms. The van der Waals surface area contributed by atoms with Crippen LogP contribution < -0.4 is 5.32 Å². The Morgan fingerprint density at radius 3 is 2.28 bits per heavy atom. The van der Waals surface area contributed by atoms with Gasteiger partial charge in [0.25, 0.3) is 0 Å². The zero-order valence-corrected chi connectivity index (χ0v) is 15.6. The van der Waals surface area contributed by atoms with Crippen molar-refractivity contribution in [2.75, 3.05) is 0 Å². The molecule has 0 spiro atoms. The second-order valence-corrected chi connectivity index (χ2v) is 7.85. The lowest BCUT2D eigenvalue weighted by Gasteiger charge is -2.20. The average Bonchev–Trinajstić information content (AvgIpc) is 2.93. The Kier molecular flexibility index (Phi) is 4.42. The van der Waals surface area contributed by atoms with E-state index in [9.17, 15) is 4.79 Å². The number of nitrogens with one attached hydrogen (secondary N) is 1. The number of aromatic nitrogens is 1. The van der Waals surface area contributed by atoms with E-state index in [4.69, 9.17) is 0 Å². The van der Waals surface area contributed by atoms with E-state index in [2.05, 4.69) is 49.5 Å². The summed E-state index contributed by atoms with van der Waals surface area (Å²) in [5.41, 5.74) is 4.23. The van der Waals surface area contributed by atoms with Crippen LogP contribution in [0.4, 0.5) is 4.79 Å². The summed E-state index contributed by atoms with van der Waals surface area (Å²) in [5, 5.41) is 4.15. The fourth-order valence-corrected chi connectivity index (χ4v) is 3.19. The van der Waals surface area contributed by atoms with E-state index >= 15 is 0 Å². The largest absolute Gasteiger partial charge is 0.333 e. The van der Waals surface area contributed by atoms with Crippen LogP contribution in [0.15, 0.2) is 54.7 Å². The summed E-state index contributed by atoms with van der Waals surface area (Å²) in [5.74, 6) is 0.418. The minimum absolute atomic E-state index is 0.100. The summed E-state index contributed by atoms with van der Waals surface area (Å²) in [7, 11) is 0. The van der Waals surface area contributed by atoms with Crippen LogP contribution in [0, 0.1) is 0 Å². The van der Waals surface area contributed by atoms with Gasteiger partial charge in [0, 0.05) is 22.7 Å². The van der Waals surface area contributed by atoms with E-state index in [0.717, 1.165) is 16.5 Å². The lowest BCUT2D eigenvalue weighted by Crippen LogP contribution is -2.42. The predicted octanol–water partition coefficient (Wildman–Crippen LogP) is 5.79. The first-order chi connectivity index (χ1) is 11.8. The molecule has 0 radical (unpaired) electrons. The fraction of sp³-hybridized carbons (Fsp3) is 0.318. The number of carbonyl (C=O) groups excluding carboxylic acids is 1. The van der Waals surface area contributed by atoms with Crippen molar-refractivity contribution in [3.8, 4) is 11.1 Å². The molecule has 3 aromatic rings. The Hall–Kier alpha value is -2.55. The molecule has 0 fully saturated rings. The van der Waals surface area contributed by atoms with E-state index in [1.807, 2.05) is 45.2 Å². The van der Waals surface area contributed by atoms with Crippen molar-refractivity contribution in [2.24, 2.45) is 0 Å². The number of amides is 1. The highest BCUT2D eigenvalue weighted by Crippen LogP contribution is 2.35. The summed E-state index contributed by atoms with van der Waals surface area (Å²) >= 11 is 0. The Balaban J connectivity index is 2.20. The van der Waals surface area contributed by atoms with Gasteiger partial charge in [-0.1, -0.05) is 56.3 Å². The molecule has 0 unspecified atom stereocenters. The molecule has 1 N–H and O–H groups in total. The van der Waals surface area contributed by atoms with Crippen molar-refractivity contribution in [2.45, 2.75) is 46.1 Å². The molecule has 0 aliphatic rings.